The first kappa shape index (κ1) is 10.2. The van der Waals surface area contributed by atoms with E-state index in [9.17, 15) is 13.2 Å². The molecule has 0 N–H and O–H groups in total. The van der Waals surface area contributed by atoms with Gasteiger partial charge in [0.15, 0.2) is 0 Å². The van der Waals surface area contributed by atoms with Gasteiger partial charge in [-0.05, 0) is 19.1 Å². The quantitative estimate of drug-likeness (QED) is 0.643. The smallest absolute Gasteiger partial charge is 0.381 e. The topological polar surface area (TPSA) is 9.23 Å². The molecule has 0 atom stereocenters. The molecule has 1 nitrogen and oxygen atoms in total. The van der Waals surface area contributed by atoms with Crippen molar-refractivity contribution in [1.82, 2.24) is 0 Å². The lowest BCUT2D eigenvalue weighted by molar-refractivity contribution is -0.176. The summed E-state index contributed by atoms with van der Waals surface area (Å²) < 4.78 is 40.9. The third-order valence-corrected chi connectivity index (χ3v) is 3.63. The van der Waals surface area contributed by atoms with Crippen molar-refractivity contribution in [2.45, 2.75) is 23.8 Å². The average molecular weight is 200 g/mol. The van der Waals surface area contributed by atoms with Gasteiger partial charge in [-0.25, -0.2) is 0 Å². The maximum Gasteiger partial charge on any atom is 0.403 e. The van der Waals surface area contributed by atoms with Crippen LogP contribution in [0.3, 0.4) is 0 Å². The number of hydrogen-bond acceptors (Lipinski definition) is 2. The van der Waals surface area contributed by atoms with E-state index in [1.54, 1.807) is 0 Å². The molecule has 1 aliphatic heterocycles. The zero-order chi connectivity index (χ0) is 9.24. The Balaban J connectivity index is 2.73. The summed E-state index contributed by atoms with van der Waals surface area (Å²) >= 11 is 0.895. The van der Waals surface area contributed by atoms with Gasteiger partial charge >= 0.3 is 6.18 Å². The molecule has 0 bridgehead atoms. The minimum Gasteiger partial charge on any atom is -0.381 e. The molecule has 12 heavy (non-hydrogen) atoms. The van der Waals surface area contributed by atoms with Crippen LogP contribution in [0.5, 0.6) is 0 Å². The fraction of sp³-hybridized carbons (Fsp3) is 1.00. The van der Waals surface area contributed by atoms with E-state index >= 15 is 0 Å². The fourth-order valence-electron chi connectivity index (χ4n) is 1.30. The zero-order valence-corrected chi connectivity index (χ0v) is 7.60. The number of ether oxygens (including phenoxy) is 1. The molecular weight excluding hydrogens is 189 g/mol. The van der Waals surface area contributed by atoms with Gasteiger partial charge in [0.25, 0.3) is 0 Å². The van der Waals surface area contributed by atoms with Crippen molar-refractivity contribution >= 4 is 11.8 Å². The molecule has 0 aromatic rings. The van der Waals surface area contributed by atoms with Crippen LogP contribution in [0.1, 0.15) is 12.8 Å². The lowest BCUT2D eigenvalue weighted by Crippen LogP contribution is -2.46. The fourth-order valence-corrected chi connectivity index (χ4v) is 2.11. The van der Waals surface area contributed by atoms with Gasteiger partial charge in [0.1, 0.15) is 4.75 Å². The molecule has 72 valence electrons. The summed E-state index contributed by atoms with van der Waals surface area (Å²) in [5, 5.41) is 0. The molecule has 5 heteroatoms. The molecule has 0 unspecified atom stereocenters. The lowest BCUT2D eigenvalue weighted by Gasteiger charge is -2.37. The molecule has 0 aliphatic carbocycles. The molecule has 0 saturated carbocycles. The molecule has 0 amide bonds. The van der Waals surface area contributed by atoms with E-state index in [1.165, 1.54) is 6.26 Å². The van der Waals surface area contributed by atoms with E-state index in [4.69, 9.17) is 4.74 Å². The standard InChI is InChI=1S/C7H11F3OS/c1-12-6(7(8,9)10)2-4-11-5-3-6/h2-5H2,1H3. The molecule has 1 fully saturated rings. The van der Waals surface area contributed by atoms with E-state index in [0.29, 0.717) is 0 Å². The van der Waals surface area contributed by atoms with Crippen LogP contribution in [0.2, 0.25) is 0 Å². The third kappa shape index (κ3) is 1.71. The molecular formula is C7H11F3OS. The first-order valence-corrected chi connectivity index (χ1v) is 4.94. The molecule has 0 aromatic carbocycles. The van der Waals surface area contributed by atoms with Gasteiger partial charge in [-0.2, -0.15) is 13.2 Å². The number of thioether (sulfide) groups is 1. The number of halogens is 3. The van der Waals surface area contributed by atoms with Crippen molar-refractivity contribution in [2.75, 3.05) is 19.5 Å². The summed E-state index contributed by atoms with van der Waals surface area (Å²) in [4.78, 5) is 0. The Kier molecular flexibility index (Phi) is 2.93. The zero-order valence-electron chi connectivity index (χ0n) is 6.78. The highest BCUT2D eigenvalue weighted by Crippen LogP contribution is 2.46. The summed E-state index contributed by atoms with van der Waals surface area (Å²) in [7, 11) is 0. The minimum absolute atomic E-state index is 0.0810. The van der Waals surface area contributed by atoms with Crippen LogP contribution in [0, 0.1) is 0 Å². The van der Waals surface area contributed by atoms with Crippen molar-refractivity contribution in [1.29, 1.82) is 0 Å². The Labute approximate surface area is 73.7 Å². The minimum atomic E-state index is -4.10. The van der Waals surface area contributed by atoms with Crippen LogP contribution in [0.4, 0.5) is 13.2 Å². The van der Waals surface area contributed by atoms with Gasteiger partial charge in [0, 0.05) is 13.2 Å². The van der Waals surface area contributed by atoms with E-state index in [1.807, 2.05) is 0 Å². The maximum atomic E-state index is 12.5. The second-order valence-corrected chi connectivity index (χ2v) is 4.00. The van der Waals surface area contributed by atoms with Gasteiger partial charge in [-0.1, -0.05) is 0 Å². The molecule has 0 aromatic heterocycles. The van der Waals surface area contributed by atoms with Crippen LogP contribution in [0.25, 0.3) is 0 Å². The van der Waals surface area contributed by atoms with E-state index in [-0.39, 0.29) is 26.1 Å². The summed E-state index contributed by atoms with van der Waals surface area (Å²) in [5.74, 6) is 0. The molecule has 1 heterocycles. The number of alkyl halides is 3. The predicted molar refractivity (Wildman–Crippen MR) is 42.4 cm³/mol. The number of hydrogen-bond donors (Lipinski definition) is 0. The van der Waals surface area contributed by atoms with Crippen LogP contribution in [-0.2, 0) is 4.74 Å². The van der Waals surface area contributed by atoms with Crippen molar-refractivity contribution in [3.8, 4) is 0 Å². The van der Waals surface area contributed by atoms with E-state index < -0.39 is 10.9 Å². The van der Waals surface area contributed by atoms with Crippen LogP contribution >= 0.6 is 11.8 Å². The molecule has 1 saturated heterocycles. The molecule has 0 radical (unpaired) electrons. The Bertz CT molecular complexity index is 151. The van der Waals surface area contributed by atoms with Gasteiger partial charge < -0.3 is 4.74 Å². The van der Waals surface area contributed by atoms with Gasteiger partial charge in [0.05, 0.1) is 0 Å². The van der Waals surface area contributed by atoms with Crippen LogP contribution in [-0.4, -0.2) is 30.4 Å². The average Bonchev–Trinajstić information content (AvgIpc) is 2.04. The molecule has 0 spiro atoms. The van der Waals surface area contributed by atoms with Gasteiger partial charge in [0.2, 0.25) is 0 Å². The van der Waals surface area contributed by atoms with Crippen molar-refractivity contribution in [2.24, 2.45) is 0 Å². The monoisotopic (exact) mass is 200 g/mol. The highest BCUT2D eigenvalue weighted by atomic mass is 32.2. The van der Waals surface area contributed by atoms with E-state index in [0.717, 1.165) is 11.8 Å². The summed E-state index contributed by atoms with van der Waals surface area (Å²) in [6, 6.07) is 0. The van der Waals surface area contributed by atoms with Crippen molar-refractivity contribution < 1.29 is 17.9 Å². The normalized spacial score (nSPS) is 24.0. The summed E-state index contributed by atoms with van der Waals surface area (Å²) in [6.45, 7) is 0.445. The Morgan fingerprint density at radius 3 is 2.00 bits per heavy atom. The highest BCUT2D eigenvalue weighted by molar-refractivity contribution is 8.00. The first-order chi connectivity index (χ1) is 5.52. The Hall–Kier alpha value is 0.1000. The SMILES string of the molecule is CSC1(C(F)(F)F)CCOCC1. The lowest BCUT2D eigenvalue weighted by atomic mass is 9.98. The van der Waals surface area contributed by atoms with Crippen LogP contribution in [0.15, 0.2) is 0 Å². The van der Waals surface area contributed by atoms with Crippen LogP contribution < -0.4 is 0 Å². The summed E-state index contributed by atoms with van der Waals surface area (Å²) in [5.41, 5.74) is 0. The Morgan fingerprint density at radius 2 is 1.75 bits per heavy atom. The highest BCUT2D eigenvalue weighted by Gasteiger charge is 2.54. The molecule has 1 rings (SSSR count). The van der Waals surface area contributed by atoms with Crippen molar-refractivity contribution in [3.63, 3.8) is 0 Å². The van der Waals surface area contributed by atoms with Gasteiger partial charge in [-0.3, -0.25) is 0 Å². The van der Waals surface area contributed by atoms with Crippen molar-refractivity contribution in [3.05, 3.63) is 0 Å². The maximum absolute atomic E-state index is 12.5. The number of rotatable bonds is 1. The summed E-state index contributed by atoms with van der Waals surface area (Å²) in [6.07, 6.45) is -2.43. The Morgan fingerprint density at radius 1 is 1.25 bits per heavy atom. The van der Waals surface area contributed by atoms with E-state index in [2.05, 4.69) is 0 Å². The third-order valence-electron chi connectivity index (χ3n) is 2.21. The largest absolute Gasteiger partial charge is 0.403 e. The second-order valence-electron chi connectivity index (χ2n) is 2.81. The predicted octanol–water partition coefficient (Wildman–Crippen LogP) is 2.46. The van der Waals surface area contributed by atoms with Gasteiger partial charge in [-0.15, -0.1) is 11.8 Å². The molecule has 1 aliphatic rings. The first-order valence-electron chi connectivity index (χ1n) is 3.71. The second kappa shape index (κ2) is 3.46.